The van der Waals surface area contributed by atoms with Crippen molar-refractivity contribution in [1.82, 2.24) is 4.90 Å². The maximum absolute atomic E-state index is 9.50. The predicted octanol–water partition coefficient (Wildman–Crippen LogP) is 0.975. The molecule has 4 nitrogen and oxygen atoms in total. The van der Waals surface area contributed by atoms with E-state index >= 15 is 0 Å². The molecule has 0 radical (unpaired) electrons. The van der Waals surface area contributed by atoms with Gasteiger partial charge in [-0.05, 0) is 37.9 Å². The molecule has 16 heavy (non-hydrogen) atoms. The lowest BCUT2D eigenvalue weighted by atomic mass is 10.0. The van der Waals surface area contributed by atoms with Gasteiger partial charge in [0.2, 0.25) is 0 Å². The summed E-state index contributed by atoms with van der Waals surface area (Å²) >= 11 is 0. The van der Waals surface area contributed by atoms with Crippen molar-refractivity contribution >= 4 is 0 Å². The van der Waals surface area contributed by atoms with Gasteiger partial charge in [-0.2, -0.15) is 0 Å². The zero-order chi connectivity index (χ0) is 11.5. The fraction of sp³-hybridized carbons (Fsp3) is 0.667. The maximum Gasteiger partial charge on any atom is 0.129 e. The quantitative estimate of drug-likeness (QED) is 0.802. The summed E-state index contributed by atoms with van der Waals surface area (Å²) in [5.74, 6) is 1.88. The fourth-order valence-corrected chi connectivity index (χ4v) is 2.21. The normalized spacial score (nSPS) is 23.8. The zero-order valence-electron chi connectivity index (χ0n) is 9.59. The summed E-state index contributed by atoms with van der Waals surface area (Å²) in [7, 11) is 0. The lowest BCUT2D eigenvalue weighted by molar-refractivity contribution is 0.126. The number of hydrogen-bond acceptors (Lipinski definition) is 4. The van der Waals surface area contributed by atoms with Gasteiger partial charge in [0.15, 0.2) is 0 Å². The zero-order valence-corrected chi connectivity index (χ0v) is 9.59. The number of rotatable bonds is 4. The van der Waals surface area contributed by atoms with Gasteiger partial charge in [0.1, 0.15) is 18.1 Å². The highest BCUT2D eigenvalue weighted by molar-refractivity contribution is 5.06. The van der Waals surface area contributed by atoms with Gasteiger partial charge in [-0.3, -0.25) is 4.90 Å². The van der Waals surface area contributed by atoms with Gasteiger partial charge >= 0.3 is 0 Å². The van der Waals surface area contributed by atoms with Crippen LogP contribution in [-0.4, -0.2) is 34.3 Å². The molecule has 1 aromatic rings. The molecule has 0 aromatic carbocycles. The molecule has 90 valence electrons. The standard InChI is InChI=1S/C12H19NO3/c1-9(15)10-4-5-13(6-10)7-11-2-3-12(8-14)16-11/h2-3,9-10,14-15H,4-8H2,1H3. The van der Waals surface area contributed by atoms with Gasteiger partial charge in [-0.15, -0.1) is 0 Å². The maximum atomic E-state index is 9.50. The first-order valence-electron chi connectivity index (χ1n) is 5.78. The summed E-state index contributed by atoms with van der Waals surface area (Å²) in [5.41, 5.74) is 0. The molecule has 4 heteroatoms. The number of likely N-dealkylation sites (tertiary alicyclic amines) is 1. The molecule has 0 spiro atoms. The summed E-state index contributed by atoms with van der Waals surface area (Å²) in [6.45, 7) is 4.50. The molecule has 1 aliphatic rings. The summed E-state index contributed by atoms with van der Waals surface area (Å²) < 4.78 is 5.44. The molecule has 0 aliphatic carbocycles. The third-order valence-corrected chi connectivity index (χ3v) is 3.24. The molecule has 2 heterocycles. The van der Waals surface area contributed by atoms with Crippen LogP contribution in [0.3, 0.4) is 0 Å². The van der Waals surface area contributed by atoms with Gasteiger partial charge in [0, 0.05) is 6.54 Å². The largest absolute Gasteiger partial charge is 0.462 e. The van der Waals surface area contributed by atoms with E-state index in [1.54, 1.807) is 6.07 Å². The predicted molar refractivity (Wildman–Crippen MR) is 59.7 cm³/mol. The molecular weight excluding hydrogens is 206 g/mol. The second kappa shape index (κ2) is 4.99. The first-order valence-corrected chi connectivity index (χ1v) is 5.78. The Kier molecular flexibility index (Phi) is 3.63. The topological polar surface area (TPSA) is 56.8 Å². The van der Waals surface area contributed by atoms with Crippen molar-refractivity contribution < 1.29 is 14.6 Å². The van der Waals surface area contributed by atoms with Crippen molar-refractivity contribution in [3.05, 3.63) is 23.7 Å². The van der Waals surface area contributed by atoms with E-state index in [1.807, 2.05) is 13.0 Å². The molecular formula is C12H19NO3. The van der Waals surface area contributed by atoms with Crippen molar-refractivity contribution in [1.29, 1.82) is 0 Å². The summed E-state index contributed by atoms with van der Waals surface area (Å²) in [5, 5.41) is 18.4. The Balaban J connectivity index is 1.87. The second-order valence-electron chi connectivity index (χ2n) is 4.55. The van der Waals surface area contributed by atoms with Gasteiger partial charge in [0.25, 0.3) is 0 Å². The minimum Gasteiger partial charge on any atom is -0.462 e. The highest BCUT2D eigenvalue weighted by Gasteiger charge is 2.26. The third kappa shape index (κ3) is 2.64. The second-order valence-corrected chi connectivity index (χ2v) is 4.55. The van der Waals surface area contributed by atoms with Crippen molar-refractivity contribution in [2.75, 3.05) is 13.1 Å². The Bertz CT molecular complexity index is 335. The van der Waals surface area contributed by atoms with Crippen molar-refractivity contribution in [3.63, 3.8) is 0 Å². The van der Waals surface area contributed by atoms with E-state index in [0.717, 1.165) is 31.8 Å². The van der Waals surface area contributed by atoms with Crippen LogP contribution in [-0.2, 0) is 13.2 Å². The Labute approximate surface area is 95.5 Å². The lowest BCUT2D eigenvalue weighted by Gasteiger charge is -2.15. The molecule has 2 N–H and O–H groups in total. The molecule has 1 aromatic heterocycles. The molecule has 0 amide bonds. The van der Waals surface area contributed by atoms with Crippen LogP contribution in [0.15, 0.2) is 16.5 Å². The van der Waals surface area contributed by atoms with Crippen LogP contribution in [0.1, 0.15) is 24.9 Å². The smallest absolute Gasteiger partial charge is 0.129 e. The SMILES string of the molecule is CC(O)C1CCN(Cc2ccc(CO)o2)C1. The van der Waals surface area contributed by atoms with Crippen molar-refractivity contribution in [2.24, 2.45) is 5.92 Å². The molecule has 2 rings (SSSR count). The van der Waals surface area contributed by atoms with E-state index in [0.29, 0.717) is 11.7 Å². The van der Waals surface area contributed by atoms with Crippen LogP contribution >= 0.6 is 0 Å². The summed E-state index contributed by atoms with van der Waals surface area (Å²) in [4.78, 5) is 2.28. The Morgan fingerprint density at radius 1 is 1.50 bits per heavy atom. The van der Waals surface area contributed by atoms with Crippen LogP contribution in [0.25, 0.3) is 0 Å². The van der Waals surface area contributed by atoms with Gasteiger partial charge in [-0.1, -0.05) is 0 Å². The summed E-state index contributed by atoms with van der Waals surface area (Å²) in [6, 6.07) is 3.71. The highest BCUT2D eigenvalue weighted by Crippen LogP contribution is 2.22. The number of hydrogen-bond donors (Lipinski definition) is 2. The van der Waals surface area contributed by atoms with E-state index in [4.69, 9.17) is 9.52 Å². The Hall–Kier alpha value is -0.840. The van der Waals surface area contributed by atoms with Gasteiger partial charge < -0.3 is 14.6 Å². The number of aliphatic hydroxyl groups excluding tert-OH is 2. The van der Waals surface area contributed by atoms with Crippen LogP contribution in [0.2, 0.25) is 0 Å². The minimum absolute atomic E-state index is 0.0453. The molecule has 0 saturated carbocycles. The minimum atomic E-state index is -0.227. The van der Waals surface area contributed by atoms with Crippen LogP contribution in [0.4, 0.5) is 0 Å². The molecule has 2 atom stereocenters. The van der Waals surface area contributed by atoms with E-state index in [2.05, 4.69) is 4.90 Å². The first kappa shape index (κ1) is 11.6. The van der Waals surface area contributed by atoms with Gasteiger partial charge in [-0.25, -0.2) is 0 Å². The molecule has 1 saturated heterocycles. The molecule has 1 aliphatic heterocycles. The van der Waals surface area contributed by atoms with Crippen LogP contribution in [0.5, 0.6) is 0 Å². The summed E-state index contributed by atoms with van der Waals surface area (Å²) in [6.07, 6.45) is 0.820. The van der Waals surface area contributed by atoms with Crippen molar-refractivity contribution in [2.45, 2.75) is 32.6 Å². The molecule has 1 fully saturated rings. The monoisotopic (exact) mass is 225 g/mol. The van der Waals surface area contributed by atoms with Gasteiger partial charge in [0.05, 0.1) is 12.6 Å². The molecule has 0 bridgehead atoms. The Morgan fingerprint density at radius 2 is 2.25 bits per heavy atom. The number of aliphatic hydroxyl groups is 2. The fourth-order valence-electron chi connectivity index (χ4n) is 2.21. The Morgan fingerprint density at radius 3 is 2.81 bits per heavy atom. The van der Waals surface area contributed by atoms with E-state index in [-0.39, 0.29) is 12.7 Å². The highest BCUT2D eigenvalue weighted by atomic mass is 16.4. The average Bonchev–Trinajstić information content (AvgIpc) is 2.87. The number of nitrogens with zero attached hydrogens (tertiary/aromatic N) is 1. The lowest BCUT2D eigenvalue weighted by Crippen LogP contribution is -2.23. The van der Waals surface area contributed by atoms with E-state index in [9.17, 15) is 5.11 Å². The van der Waals surface area contributed by atoms with Crippen molar-refractivity contribution in [3.8, 4) is 0 Å². The van der Waals surface area contributed by atoms with Crippen LogP contribution in [0, 0.1) is 5.92 Å². The first-order chi connectivity index (χ1) is 7.69. The number of furan rings is 1. The average molecular weight is 225 g/mol. The van der Waals surface area contributed by atoms with E-state index in [1.165, 1.54) is 0 Å². The van der Waals surface area contributed by atoms with Crippen LogP contribution < -0.4 is 0 Å². The molecule has 2 unspecified atom stereocenters. The third-order valence-electron chi connectivity index (χ3n) is 3.24. The van der Waals surface area contributed by atoms with E-state index < -0.39 is 0 Å².